The molecule has 2 aromatic rings. The van der Waals surface area contributed by atoms with Gasteiger partial charge in [-0.3, -0.25) is 0 Å². The Morgan fingerprint density at radius 1 is 1.23 bits per heavy atom. The number of nitrogens with zero attached hydrogens (tertiary/aromatic N) is 2. The molecule has 9 heteroatoms. The van der Waals surface area contributed by atoms with E-state index in [4.69, 9.17) is 4.74 Å². The van der Waals surface area contributed by atoms with Crippen molar-refractivity contribution in [1.82, 2.24) is 9.47 Å². The van der Waals surface area contributed by atoms with Gasteiger partial charge in [0.15, 0.2) is 0 Å². The Labute approximate surface area is 174 Å². The van der Waals surface area contributed by atoms with E-state index in [0.29, 0.717) is 13.1 Å². The standard InChI is InChI=1S/C21H27F3N4O2/c1-26-8-3-7-19(26)16-28(10-4-9-27-11-13-30-14-12-27)20(29)25-18-6-2-5-17(15-18)21(22,23)24/h2-3,5-8,15H,4,9-14,16H2,1H3,(H,25,29)/p+1. The summed E-state index contributed by atoms with van der Waals surface area (Å²) in [6.45, 7) is 5.22. The molecule has 0 atom stereocenters. The minimum absolute atomic E-state index is 0.130. The molecule has 2 amide bonds. The van der Waals surface area contributed by atoms with E-state index < -0.39 is 17.8 Å². The zero-order valence-electron chi connectivity index (χ0n) is 17.0. The first kappa shape index (κ1) is 22.2. The van der Waals surface area contributed by atoms with Crippen molar-refractivity contribution in [2.45, 2.75) is 19.1 Å². The molecular weight excluding hydrogens is 397 g/mol. The summed E-state index contributed by atoms with van der Waals surface area (Å²) in [5.41, 5.74) is 0.295. The van der Waals surface area contributed by atoms with E-state index in [9.17, 15) is 18.0 Å². The molecular formula is C21H28F3N4O2+. The van der Waals surface area contributed by atoms with Gasteiger partial charge in [0.2, 0.25) is 0 Å². The third-order valence-electron chi connectivity index (χ3n) is 5.29. The fourth-order valence-electron chi connectivity index (χ4n) is 3.51. The molecule has 1 aromatic heterocycles. The molecule has 1 aromatic carbocycles. The number of amides is 2. The molecule has 1 fully saturated rings. The summed E-state index contributed by atoms with van der Waals surface area (Å²) in [4.78, 5) is 16.0. The van der Waals surface area contributed by atoms with Gasteiger partial charge in [-0.05, 0) is 30.3 Å². The molecule has 1 aliphatic rings. The molecule has 164 valence electrons. The van der Waals surface area contributed by atoms with Crippen LogP contribution in [0, 0.1) is 0 Å². The molecule has 6 nitrogen and oxygen atoms in total. The van der Waals surface area contributed by atoms with E-state index in [1.54, 1.807) is 4.90 Å². The minimum Gasteiger partial charge on any atom is -0.370 e. The number of anilines is 1. The predicted octanol–water partition coefficient (Wildman–Crippen LogP) is 2.38. The van der Waals surface area contributed by atoms with E-state index in [0.717, 1.165) is 57.1 Å². The smallest absolute Gasteiger partial charge is 0.370 e. The zero-order valence-corrected chi connectivity index (χ0v) is 17.0. The number of halogens is 3. The van der Waals surface area contributed by atoms with E-state index in [2.05, 4.69) is 5.32 Å². The van der Waals surface area contributed by atoms with Crippen LogP contribution in [0.25, 0.3) is 0 Å². The molecule has 0 spiro atoms. The van der Waals surface area contributed by atoms with Crippen molar-refractivity contribution in [2.24, 2.45) is 7.05 Å². The monoisotopic (exact) mass is 425 g/mol. The Morgan fingerprint density at radius 2 is 2.00 bits per heavy atom. The number of nitrogens with one attached hydrogen (secondary N) is 2. The number of alkyl halides is 3. The molecule has 2 N–H and O–H groups in total. The van der Waals surface area contributed by atoms with Gasteiger partial charge >= 0.3 is 12.2 Å². The van der Waals surface area contributed by atoms with Crippen molar-refractivity contribution in [3.63, 3.8) is 0 Å². The fourth-order valence-corrected chi connectivity index (χ4v) is 3.51. The van der Waals surface area contributed by atoms with Gasteiger partial charge in [0, 0.05) is 37.6 Å². The van der Waals surface area contributed by atoms with E-state index in [1.165, 1.54) is 17.0 Å². The first-order valence-electron chi connectivity index (χ1n) is 10.1. The number of aryl methyl sites for hydroxylation is 1. The lowest BCUT2D eigenvalue weighted by Gasteiger charge is -2.27. The van der Waals surface area contributed by atoms with Crippen LogP contribution in [0.2, 0.25) is 0 Å². The number of morpholine rings is 1. The quantitative estimate of drug-likeness (QED) is 0.716. The summed E-state index contributed by atoms with van der Waals surface area (Å²) in [5.74, 6) is 0. The number of benzene rings is 1. The van der Waals surface area contributed by atoms with Gasteiger partial charge in [-0.2, -0.15) is 13.2 Å². The number of quaternary nitrogens is 1. The van der Waals surface area contributed by atoms with Gasteiger partial charge in [0.05, 0.1) is 31.9 Å². The fraction of sp³-hybridized carbons (Fsp3) is 0.476. The van der Waals surface area contributed by atoms with Crippen LogP contribution in [0.4, 0.5) is 23.7 Å². The molecule has 3 rings (SSSR count). The number of hydrogen-bond donors (Lipinski definition) is 2. The van der Waals surface area contributed by atoms with Crippen molar-refractivity contribution in [3.05, 3.63) is 53.9 Å². The first-order chi connectivity index (χ1) is 14.3. The van der Waals surface area contributed by atoms with E-state index in [-0.39, 0.29) is 5.69 Å². The number of carbonyl (C=O) groups is 1. The van der Waals surface area contributed by atoms with Gasteiger partial charge in [-0.25, -0.2) is 4.79 Å². The van der Waals surface area contributed by atoms with Crippen LogP contribution in [0.15, 0.2) is 42.6 Å². The minimum atomic E-state index is -4.45. The zero-order chi connectivity index (χ0) is 21.6. The lowest BCUT2D eigenvalue weighted by molar-refractivity contribution is -0.908. The topological polar surface area (TPSA) is 50.9 Å². The van der Waals surface area contributed by atoms with Gasteiger partial charge in [-0.1, -0.05) is 6.07 Å². The summed E-state index contributed by atoms with van der Waals surface area (Å²) in [5, 5.41) is 2.63. The summed E-state index contributed by atoms with van der Waals surface area (Å²) in [6, 6.07) is 8.12. The highest BCUT2D eigenvalue weighted by molar-refractivity contribution is 5.89. The van der Waals surface area contributed by atoms with Gasteiger partial charge in [0.1, 0.15) is 13.1 Å². The average Bonchev–Trinajstić information content (AvgIpc) is 3.12. The lowest BCUT2D eigenvalue weighted by atomic mass is 10.2. The van der Waals surface area contributed by atoms with Crippen LogP contribution in [-0.2, 0) is 24.5 Å². The molecule has 30 heavy (non-hydrogen) atoms. The maximum Gasteiger partial charge on any atom is 0.416 e. The molecule has 0 radical (unpaired) electrons. The number of hydrogen-bond acceptors (Lipinski definition) is 2. The van der Waals surface area contributed by atoms with E-state index >= 15 is 0 Å². The van der Waals surface area contributed by atoms with Crippen LogP contribution < -0.4 is 10.2 Å². The molecule has 2 heterocycles. The summed E-state index contributed by atoms with van der Waals surface area (Å²) in [7, 11) is 1.90. The molecule has 0 saturated carbocycles. The van der Waals surface area contributed by atoms with Gasteiger partial charge in [0.25, 0.3) is 0 Å². The molecule has 1 aliphatic heterocycles. The van der Waals surface area contributed by atoms with Crippen LogP contribution in [-0.4, -0.2) is 54.9 Å². The lowest BCUT2D eigenvalue weighted by Crippen LogP contribution is -3.14. The van der Waals surface area contributed by atoms with Crippen LogP contribution in [0.3, 0.4) is 0 Å². The van der Waals surface area contributed by atoms with E-state index in [1.807, 2.05) is 29.9 Å². The maximum atomic E-state index is 13.0. The van der Waals surface area contributed by atoms with Crippen LogP contribution in [0.5, 0.6) is 0 Å². The van der Waals surface area contributed by atoms with Crippen molar-refractivity contribution >= 4 is 11.7 Å². The second kappa shape index (κ2) is 9.99. The molecule has 0 unspecified atom stereocenters. The van der Waals surface area contributed by atoms with Crippen LogP contribution >= 0.6 is 0 Å². The Bertz CT molecular complexity index is 832. The van der Waals surface area contributed by atoms with Crippen molar-refractivity contribution in [1.29, 1.82) is 0 Å². The molecule has 0 aliphatic carbocycles. The third kappa shape index (κ3) is 6.24. The number of rotatable bonds is 7. The number of urea groups is 1. The number of ether oxygens (including phenoxy) is 1. The Kier molecular flexibility index (Phi) is 7.38. The predicted molar refractivity (Wildman–Crippen MR) is 107 cm³/mol. The maximum absolute atomic E-state index is 13.0. The average molecular weight is 425 g/mol. The normalized spacial score (nSPS) is 15.2. The van der Waals surface area contributed by atoms with Crippen molar-refractivity contribution in [3.8, 4) is 0 Å². The number of aromatic nitrogens is 1. The van der Waals surface area contributed by atoms with Crippen molar-refractivity contribution in [2.75, 3.05) is 44.7 Å². The molecule has 1 saturated heterocycles. The SMILES string of the molecule is Cn1cccc1CN(CCC[NH+]1CCOCC1)C(=O)Nc1cccc(C(F)(F)F)c1. The Balaban J connectivity index is 1.65. The second-order valence-electron chi connectivity index (χ2n) is 7.51. The highest BCUT2D eigenvalue weighted by Crippen LogP contribution is 2.30. The first-order valence-corrected chi connectivity index (χ1v) is 10.1. The summed E-state index contributed by atoms with van der Waals surface area (Å²) < 4.78 is 46.2. The highest BCUT2D eigenvalue weighted by Gasteiger charge is 2.30. The van der Waals surface area contributed by atoms with Crippen molar-refractivity contribution < 1.29 is 27.6 Å². The summed E-state index contributed by atoms with van der Waals surface area (Å²) >= 11 is 0. The Hall–Kier alpha value is -2.52. The third-order valence-corrected chi connectivity index (χ3v) is 5.29. The molecule has 0 bridgehead atoms. The van der Waals surface area contributed by atoms with Gasteiger partial charge < -0.3 is 24.4 Å². The summed E-state index contributed by atoms with van der Waals surface area (Å²) in [6.07, 6.45) is -1.75. The largest absolute Gasteiger partial charge is 0.416 e. The van der Waals surface area contributed by atoms with Crippen LogP contribution in [0.1, 0.15) is 17.7 Å². The number of carbonyl (C=O) groups excluding carboxylic acids is 1. The highest BCUT2D eigenvalue weighted by atomic mass is 19.4. The Morgan fingerprint density at radius 3 is 2.67 bits per heavy atom. The second-order valence-corrected chi connectivity index (χ2v) is 7.51. The van der Waals surface area contributed by atoms with Gasteiger partial charge in [-0.15, -0.1) is 0 Å².